The number of nitrogens with zero attached hydrogens (tertiary/aromatic N) is 1. The van der Waals surface area contributed by atoms with E-state index in [1.54, 1.807) is 6.08 Å². The van der Waals surface area contributed by atoms with E-state index in [2.05, 4.69) is 0 Å². The molecule has 0 unspecified atom stereocenters. The van der Waals surface area contributed by atoms with Crippen molar-refractivity contribution in [2.75, 3.05) is 6.54 Å². The van der Waals surface area contributed by atoms with Gasteiger partial charge in [-0.15, -0.1) is 0 Å². The lowest BCUT2D eigenvalue weighted by atomic mass is 10.0. The molecule has 20 heavy (non-hydrogen) atoms. The van der Waals surface area contributed by atoms with Crippen molar-refractivity contribution in [3.05, 3.63) is 41.5 Å². The Balaban J connectivity index is 2.10. The lowest BCUT2D eigenvalue weighted by Gasteiger charge is -2.32. The first-order valence-electron chi connectivity index (χ1n) is 6.86. The topological polar surface area (TPSA) is 57.6 Å². The molecule has 1 saturated heterocycles. The van der Waals surface area contributed by atoms with Gasteiger partial charge in [-0.3, -0.25) is 4.79 Å². The van der Waals surface area contributed by atoms with Gasteiger partial charge in [0, 0.05) is 12.6 Å². The number of piperidine rings is 1. The van der Waals surface area contributed by atoms with Crippen LogP contribution in [0.5, 0.6) is 0 Å². The molecule has 1 aliphatic heterocycles. The summed E-state index contributed by atoms with van der Waals surface area (Å²) in [5, 5.41) is 9.17. The highest BCUT2D eigenvalue weighted by Crippen LogP contribution is 2.18. The molecule has 1 N–H and O–H groups in total. The first-order valence-corrected chi connectivity index (χ1v) is 6.86. The van der Waals surface area contributed by atoms with Crippen LogP contribution in [0.25, 0.3) is 6.08 Å². The van der Waals surface area contributed by atoms with Crippen molar-refractivity contribution in [3.63, 3.8) is 0 Å². The number of hydrogen-bond donors (Lipinski definition) is 1. The van der Waals surface area contributed by atoms with Gasteiger partial charge in [-0.2, -0.15) is 0 Å². The fraction of sp³-hybridized carbons (Fsp3) is 0.375. The Bertz CT molecular complexity index is 536. The molecule has 1 amide bonds. The quantitative estimate of drug-likeness (QED) is 0.861. The second kappa shape index (κ2) is 6.37. The van der Waals surface area contributed by atoms with Crippen molar-refractivity contribution in [2.24, 2.45) is 0 Å². The second-order valence-electron chi connectivity index (χ2n) is 5.07. The lowest BCUT2D eigenvalue weighted by Crippen LogP contribution is -2.47. The van der Waals surface area contributed by atoms with Gasteiger partial charge in [-0.05, 0) is 43.4 Å². The summed E-state index contributed by atoms with van der Waals surface area (Å²) in [6, 6.07) is 7.09. The second-order valence-corrected chi connectivity index (χ2v) is 5.07. The molecular weight excluding hydrogens is 254 g/mol. The number of benzene rings is 1. The van der Waals surface area contributed by atoms with Crippen LogP contribution in [0.4, 0.5) is 0 Å². The van der Waals surface area contributed by atoms with E-state index in [0.717, 1.165) is 24.0 Å². The van der Waals surface area contributed by atoms with E-state index < -0.39 is 12.0 Å². The third-order valence-corrected chi connectivity index (χ3v) is 3.66. The van der Waals surface area contributed by atoms with Crippen LogP contribution in [0.2, 0.25) is 0 Å². The molecule has 0 bridgehead atoms. The number of carbonyl (C=O) groups excluding carboxylic acids is 1. The molecule has 1 heterocycles. The molecule has 0 spiro atoms. The van der Waals surface area contributed by atoms with Gasteiger partial charge >= 0.3 is 5.97 Å². The van der Waals surface area contributed by atoms with Gasteiger partial charge in [0.2, 0.25) is 5.91 Å². The summed E-state index contributed by atoms with van der Waals surface area (Å²) in [6.07, 6.45) is 5.50. The average molecular weight is 273 g/mol. The number of carboxylic acids is 1. The fourth-order valence-electron chi connectivity index (χ4n) is 2.48. The molecule has 106 valence electrons. The number of carboxylic acid groups (broad SMARTS) is 1. The Morgan fingerprint density at radius 3 is 2.75 bits per heavy atom. The number of aryl methyl sites for hydroxylation is 1. The molecule has 1 fully saturated rings. The first-order chi connectivity index (χ1) is 9.59. The van der Waals surface area contributed by atoms with Crippen LogP contribution in [0.3, 0.4) is 0 Å². The van der Waals surface area contributed by atoms with E-state index in [1.165, 1.54) is 11.0 Å². The van der Waals surface area contributed by atoms with Crippen LogP contribution >= 0.6 is 0 Å². The average Bonchev–Trinajstić information content (AvgIpc) is 2.46. The van der Waals surface area contributed by atoms with Crippen LogP contribution in [0.1, 0.15) is 30.4 Å². The van der Waals surface area contributed by atoms with Crippen LogP contribution < -0.4 is 0 Å². The molecular formula is C16H19NO3. The van der Waals surface area contributed by atoms with Crippen LogP contribution in [-0.2, 0) is 9.59 Å². The van der Waals surface area contributed by atoms with E-state index in [0.29, 0.717) is 13.0 Å². The minimum atomic E-state index is -0.914. The minimum absolute atomic E-state index is 0.222. The molecule has 1 aromatic rings. The number of amides is 1. The van der Waals surface area contributed by atoms with Gasteiger partial charge in [-0.1, -0.05) is 24.3 Å². The molecule has 4 nitrogen and oxygen atoms in total. The van der Waals surface area contributed by atoms with Gasteiger partial charge in [0.25, 0.3) is 0 Å². The monoisotopic (exact) mass is 273 g/mol. The highest BCUT2D eigenvalue weighted by molar-refractivity contribution is 5.94. The Morgan fingerprint density at radius 1 is 1.30 bits per heavy atom. The van der Waals surface area contributed by atoms with E-state index >= 15 is 0 Å². The number of rotatable bonds is 3. The minimum Gasteiger partial charge on any atom is -0.480 e. The van der Waals surface area contributed by atoms with Crippen molar-refractivity contribution in [1.82, 2.24) is 4.90 Å². The van der Waals surface area contributed by atoms with Crippen LogP contribution in [0.15, 0.2) is 30.3 Å². The summed E-state index contributed by atoms with van der Waals surface area (Å²) in [7, 11) is 0. The summed E-state index contributed by atoms with van der Waals surface area (Å²) < 4.78 is 0. The maximum atomic E-state index is 12.2. The van der Waals surface area contributed by atoms with E-state index in [4.69, 9.17) is 5.11 Å². The largest absolute Gasteiger partial charge is 0.480 e. The van der Waals surface area contributed by atoms with Crippen molar-refractivity contribution < 1.29 is 14.7 Å². The van der Waals surface area contributed by atoms with Gasteiger partial charge in [0.05, 0.1) is 0 Å². The van der Waals surface area contributed by atoms with Crippen LogP contribution in [-0.4, -0.2) is 34.5 Å². The summed E-state index contributed by atoms with van der Waals surface area (Å²) in [5.41, 5.74) is 2.06. The molecule has 0 aliphatic carbocycles. The fourth-order valence-corrected chi connectivity index (χ4v) is 2.48. The van der Waals surface area contributed by atoms with Gasteiger partial charge in [0.1, 0.15) is 6.04 Å². The molecule has 2 rings (SSSR count). The molecule has 1 atom stereocenters. The predicted molar refractivity (Wildman–Crippen MR) is 77.2 cm³/mol. The van der Waals surface area contributed by atoms with Gasteiger partial charge in [-0.25, -0.2) is 4.79 Å². The third kappa shape index (κ3) is 3.26. The zero-order valence-corrected chi connectivity index (χ0v) is 11.6. The highest BCUT2D eigenvalue weighted by atomic mass is 16.4. The maximum absolute atomic E-state index is 12.2. The van der Waals surface area contributed by atoms with Crippen molar-refractivity contribution >= 4 is 18.0 Å². The summed E-state index contributed by atoms with van der Waals surface area (Å²) in [5.74, 6) is -1.14. The van der Waals surface area contributed by atoms with Gasteiger partial charge < -0.3 is 10.0 Å². The maximum Gasteiger partial charge on any atom is 0.326 e. The normalized spacial score (nSPS) is 19.2. The zero-order valence-electron chi connectivity index (χ0n) is 11.6. The van der Waals surface area contributed by atoms with E-state index in [-0.39, 0.29) is 5.91 Å². The van der Waals surface area contributed by atoms with Crippen molar-refractivity contribution in [3.8, 4) is 0 Å². The van der Waals surface area contributed by atoms with E-state index in [9.17, 15) is 9.59 Å². The third-order valence-electron chi connectivity index (χ3n) is 3.66. The number of likely N-dealkylation sites (tertiary alicyclic amines) is 1. The lowest BCUT2D eigenvalue weighted by molar-refractivity contribution is -0.150. The summed E-state index contributed by atoms with van der Waals surface area (Å²) in [6.45, 7) is 2.50. The SMILES string of the molecule is Cc1ccccc1C=CC(=O)N1CCCC[C@H]1C(=O)O. The summed E-state index contributed by atoms with van der Waals surface area (Å²) >= 11 is 0. The number of hydrogen-bond acceptors (Lipinski definition) is 2. The molecule has 0 radical (unpaired) electrons. The smallest absolute Gasteiger partial charge is 0.326 e. The zero-order chi connectivity index (χ0) is 14.5. The Hall–Kier alpha value is -2.10. The number of carbonyl (C=O) groups is 2. The first kappa shape index (κ1) is 14.3. The predicted octanol–water partition coefficient (Wildman–Crippen LogP) is 2.47. The van der Waals surface area contributed by atoms with Gasteiger partial charge in [0.15, 0.2) is 0 Å². The Labute approximate surface area is 118 Å². The van der Waals surface area contributed by atoms with E-state index in [1.807, 2.05) is 31.2 Å². The molecule has 0 saturated carbocycles. The molecule has 4 heteroatoms. The molecule has 1 aromatic carbocycles. The number of aliphatic carboxylic acids is 1. The Morgan fingerprint density at radius 2 is 2.05 bits per heavy atom. The standard InChI is InChI=1S/C16H19NO3/c1-12-6-2-3-7-13(12)9-10-15(18)17-11-5-4-8-14(17)16(19)20/h2-3,6-7,9-10,14H,4-5,8,11H2,1H3,(H,19,20)/t14-/m0/s1. The van der Waals surface area contributed by atoms with Crippen LogP contribution in [0, 0.1) is 6.92 Å². The van der Waals surface area contributed by atoms with Crippen molar-refractivity contribution in [2.45, 2.75) is 32.2 Å². The highest BCUT2D eigenvalue weighted by Gasteiger charge is 2.30. The Kier molecular flexibility index (Phi) is 4.56. The molecule has 1 aliphatic rings. The molecule has 0 aromatic heterocycles. The van der Waals surface area contributed by atoms with Crippen molar-refractivity contribution in [1.29, 1.82) is 0 Å². The summed E-state index contributed by atoms with van der Waals surface area (Å²) in [4.78, 5) is 24.8.